The molecule has 8 heteroatoms. The number of fused-ring (bicyclic) bond motifs is 1. The first-order chi connectivity index (χ1) is 9.63. The fourth-order valence-corrected chi connectivity index (χ4v) is 1.86. The van der Waals surface area contributed by atoms with E-state index in [0.29, 0.717) is 22.8 Å². The van der Waals surface area contributed by atoms with E-state index in [1.807, 2.05) is 0 Å². The minimum atomic E-state index is -0.329. The molecule has 0 spiro atoms. The van der Waals surface area contributed by atoms with Gasteiger partial charge in [-0.05, 0) is 18.2 Å². The number of hydrogen-bond donors (Lipinski definition) is 3. The van der Waals surface area contributed by atoms with Gasteiger partial charge in [0.05, 0.1) is 12.1 Å². The number of benzene rings is 1. The van der Waals surface area contributed by atoms with Crippen molar-refractivity contribution in [3.63, 3.8) is 0 Å². The monoisotopic (exact) mass is 272 g/mol. The van der Waals surface area contributed by atoms with Crippen molar-refractivity contribution in [2.45, 2.75) is 13.5 Å². The number of nitrogens with zero attached hydrogens (tertiary/aromatic N) is 3. The van der Waals surface area contributed by atoms with Crippen molar-refractivity contribution in [3.8, 4) is 0 Å². The molecule has 0 bridgehead atoms. The summed E-state index contributed by atoms with van der Waals surface area (Å²) in [4.78, 5) is 16.1. The van der Waals surface area contributed by atoms with Crippen LogP contribution >= 0.6 is 0 Å². The van der Waals surface area contributed by atoms with Crippen LogP contribution < -0.4 is 11.1 Å². The number of nitrogens with one attached hydrogen (secondary N) is 2. The lowest BCUT2D eigenvalue weighted by Gasteiger charge is -2.00. The number of anilines is 1. The second-order valence-electron chi connectivity index (χ2n) is 4.29. The Labute approximate surface area is 113 Å². The highest BCUT2D eigenvalue weighted by molar-refractivity contribution is 6.05. The standard InChI is InChI=1S/C12H12N6O2/c1-6-15-10(18-20-6)5-14-12(19)11-8-4-7(13)2-3-9(8)16-17-11/h2-4H,5,13H2,1H3,(H,14,19)(H,16,17). The van der Waals surface area contributed by atoms with Gasteiger partial charge >= 0.3 is 0 Å². The van der Waals surface area contributed by atoms with Crippen LogP contribution in [0.3, 0.4) is 0 Å². The molecule has 3 aromatic rings. The summed E-state index contributed by atoms with van der Waals surface area (Å²) in [7, 11) is 0. The average molecular weight is 272 g/mol. The van der Waals surface area contributed by atoms with Gasteiger partial charge in [-0.15, -0.1) is 0 Å². The van der Waals surface area contributed by atoms with Gasteiger partial charge in [0, 0.05) is 18.0 Å². The summed E-state index contributed by atoms with van der Waals surface area (Å²) in [5.41, 5.74) is 7.32. The fourth-order valence-electron chi connectivity index (χ4n) is 1.86. The van der Waals surface area contributed by atoms with E-state index in [9.17, 15) is 4.79 Å². The molecular weight excluding hydrogens is 260 g/mol. The van der Waals surface area contributed by atoms with Gasteiger partial charge in [0.2, 0.25) is 5.89 Å². The van der Waals surface area contributed by atoms with Crippen LogP contribution in [0, 0.1) is 6.92 Å². The molecule has 8 nitrogen and oxygen atoms in total. The molecule has 0 aliphatic carbocycles. The molecule has 0 aliphatic rings. The highest BCUT2D eigenvalue weighted by Crippen LogP contribution is 2.18. The topological polar surface area (TPSA) is 123 Å². The molecule has 0 radical (unpaired) electrons. The molecule has 102 valence electrons. The third kappa shape index (κ3) is 2.18. The van der Waals surface area contributed by atoms with Gasteiger partial charge in [-0.1, -0.05) is 5.16 Å². The van der Waals surface area contributed by atoms with E-state index >= 15 is 0 Å². The van der Waals surface area contributed by atoms with Crippen molar-refractivity contribution in [3.05, 3.63) is 35.6 Å². The minimum absolute atomic E-state index is 0.173. The number of aromatic nitrogens is 4. The number of carbonyl (C=O) groups is 1. The molecule has 0 unspecified atom stereocenters. The fraction of sp³-hybridized carbons (Fsp3) is 0.167. The molecule has 1 aromatic carbocycles. The molecular formula is C12H12N6O2. The minimum Gasteiger partial charge on any atom is -0.399 e. The van der Waals surface area contributed by atoms with Crippen LogP contribution in [-0.2, 0) is 6.54 Å². The van der Waals surface area contributed by atoms with Crippen LogP contribution in [0.1, 0.15) is 22.2 Å². The maximum atomic E-state index is 12.1. The first-order valence-corrected chi connectivity index (χ1v) is 5.94. The normalized spacial score (nSPS) is 10.8. The largest absolute Gasteiger partial charge is 0.399 e. The predicted octanol–water partition coefficient (Wildman–Crippen LogP) is 0.767. The Morgan fingerprint density at radius 1 is 1.50 bits per heavy atom. The lowest BCUT2D eigenvalue weighted by atomic mass is 10.2. The first-order valence-electron chi connectivity index (χ1n) is 5.94. The maximum Gasteiger partial charge on any atom is 0.272 e. The van der Waals surface area contributed by atoms with Gasteiger partial charge in [0.1, 0.15) is 0 Å². The molecule has 0 saturated carbocycles. The van der Waals surface area contributed by atoms with Gasteiger partial charge in [-0.25, -0.2) is 0 Å². The molecule has 1 amide bonds. The molecule has 2 heterocycles. The number of H-pyrrole nitrogens is 1. The smallest absolute Gasteiger partial charge is 0.272 e. The van der Waals surface area contributed by atoms with Gasteiger partial charge < -0.3 is 15.6 Å². The Hall–Kier alpha value is -2.90. The third-order valence-electron chi connectivity index (χ3n) is 2.78. The van der Waals surface area contributed by atoms with Crippen LogP contribution in [-0.4, -0.2) is 26.2 Å². The van der Waals surface area contributed by atoms with E-state index in [1.54, 1.807) is 25.1 Å². The Bertz CT molecular complexity index is 775. The number of hydrogen-bond acceptors (Lipinski definition) is 6. The highest BCUT2D eigenvalue weighted by Gasteiger charge is 2.15. The van der Waals surface area contributed by atoms with Crippen molar-refractivity contribution in [1.82, 2.24) is 25.7 Å². The molecule has 4 N–H and O–H groups in total. The second-order valence-corrected chi connectivity index (χ2v) is 4.29. The van der Waals surface area contributed by atoms with Crippen molar-refractivity contribution >= 4 is 22.5 Å². The van der Waals surface area contributed by atoms with Crippen LogP contribution in [0.5, 0.6) is 0 Å². The SMILES string of the molecule is Cc1nc(CNC(=O)c2n[nH]c3ccc(N)cc23)no1. The third-order valence-corrected chi connectivity index (χ3v) is 2.78. The number of aryl methyl sites for hydroxylation is 1. The van der Waals surface area contributed by atoms with E-state index in [4.69, 9.17) is 10.3 Å². The zero-order valence-corrected chi connectivity index (χ0v) is 10.7. The lowest BCUT2D eigenvalue weighted by Crippen LogP contribution is -2.24. The summed E-state index contributed by atoms with van der Waals surface area (Å²) >= 11 is 0. The summed E-state index contributed by atoms with van der Waals surface area (Å²) in [5.74, 6) is 0.534. The van der Waals surface area contributed by atoms with Crippen LogP contribution in [0.4, 0.5) is 5.69 Å². The van der Waals surface area contributed by atoms with Crippen LogP contribution in [0.15, 0.2) is 22.7 Å². The summed E-state index contributed by atoms with van der Waals surface area (Å²) in [6.07, 6.45) is 0. The van der Waals surface area contributed by atoms with Crippen LogP contribution in [0.2, 0.25) is 0 Å². The zero-order valence-electron chi connectivity index (χ0n) is 10.7. The van der Waals surface area contributed by atoms with E-state index in [1.165, 1.54) is 0 Å². The summed E-state index contributed by atoms with van der Waals surface area (Å²) in [5, 5.41) is 13.8. The summed E-state index contributed by atoms with van der Waals surface area (Å²) < 4.78 is 4.82. The molecule has 0 aliphatic heterocycles. The Morgan fingerprint density at radius 3 is 3.10 bits per heavy atom. The zero-order chi connectivity index (χ0) is 14.1. The molecule has 3 rings (SSSR count). The number of rotatable bonds is 3. The Balaban J connectivity index is 1.80. The van der Waals surface area contributed by atoms with E-state index in [0.717, 1.165) is 5.52 Å². The molecule has 20 heavy (non-hydrogen) atoms. The number of aromatic amines is 1. The highest BCUT2D eigenvalue weighted by atomic mass is 16.5. The molecule has 0 atom stereocenters. The number of nitrogen functional groups attached to an aromatic ring is 1. The van der Waals surface area contributed by atoms with Crippen molar-refractivity contribution in [1.29, 1.82) is 0 Å². The Morgan fingerprint density at radius 2 is 2.35 bits per heavy atom. The molecule has 2 aromatic heterocycles. The number of carbonyl (C=O) groups excluding carboxylic acids is 1. The quantitative estimate of drug-likeness (QED) is 0.605. The van der Waals surface area contributed by atoms with Gasteiger partial charge in [-0.3, -0.25) is 9.89 Å². The second kappa shape index (κ2) is 4.65. The predicted molar refractivity (Wildman–Crippen MR) is 70.7 cm³/mol. The molecule has 0 fully saturated rings. The summed E-state index contributed by atoms with van der Waals surface area (Å²) in [6.45, 7) is 1.86. The number of amides is 1. The average Bonchev–Trinajstić information content (AvgIpc) is 3.02. The van der Waals surface area contributed by atoms with E-state index < -0.39 is 0 Å². The van der Waals surface area contributed by atoms with Gasteiger partial charge in [0.25, 0.3) is 5.91 Å². The molecule has 0 saturated heterocycles. The van der Waals surface area contributed by atoms with Gasteiger partial charge in [0.15, 0.2) is 11.5 Å². The summed E-state index contributed by atoms with van der Waals surface area (Å²) in [6, 6.07) is 5.22. The van der Waals surface area contributed by atoms with Gasteiger partial charge in [-0.2, -0.15) is 10.1 Å². The lowest BCUT2D eigenvalue weighted by molar-refractivity contribution is 0.0946. The maximum absolute atomic E-state index is 12.1. The van der Waals surface area contributed by atoms with Crippen molar-refractivity contribution in [2.75, 3.05) is 5.73 Å². The van der Waals surface area contributed by atoms with Crippen molar-refractivity contribution < 1.29 is 9.32 Å². The van der Waals surface area contributed by atoms with E-state index in [-0.39, 0.29) is 18.1 Å². The van der Waals surface area contributed by atoms with E-state index in [2.05, 4.69) is 25.7 Å². The first kappa shape index (κ1) is 12.2. The van der Waals surface area contributed by atoms with Crippen LogP contribution in [0.25, 0.3) is 10.9 Å². The Kier molecular flexibility index (Phi) is 2.82. The van der Waals surface area contributed by atoms with Crippen molar-refractivity contribution in [2.24, 2.45) is 0 Å². The number of nitrogens with two attached hydrogens (primary N) is 1.